The van der Waals surface area contributed by atoms with Gasteiger partial charge in [0.2, 0.25) is 0 Å². The summed E-state index contributed by atoms with van der Waals surface area (Å²) in [6.07, 6.45) is 0. The van der Waals surface area contributed by atoms with Gasteiger partial charge < -0.3 is 0 Å². The minimum atomic E-state index is -4.53. The zero-order chi connectivity index (χ0) is 10.6. The summed E-state index contributed by atoms with van der Waals surface area (Å²) in [4.78, 5) is 3.60. The second kappa shape index (κ2) is 2.92. The standard InChI is InChI=1S/C4H2Cl7NS/c5-1-13(9,10,11)3(7)2(6)12-4(13)8/h1H2. The van der Waals surface area contributed by atoms with Crippen molar-refractivity contribution in [2.45, 2.75) is 0 Å². The highest BCUT2D eigenvalue weighted by Gasteiger charge is 2.67. The molecule has 0 amide bonds. The van der Waals surface area contributed by atoms with Gasteiger partial charge in [-0.25, -0.2) is 4.99 Å². The summed E-state index contributed by atoms with van der Waals surface area (Å²) < 4.78 is -0.471. The molecular weight excluding hydrogens is 342 g/mol. The summed E-state index contributed by atoms with van der Waals surface area (Å²) in [7, 11) is 18.1. The quantitative estimate of drug-likeness (QED) is 0.425. The van der Waals surface area contributed by atoms with E-state index in [4.69, 9.17) is 78.5 Å². The molecule has 0 spiro atoms. The molecule has 0 radical (unpaired) electrons. The number of hydrogen-bond acceptors (Lipinski definition) is 1. The fourth-order valence-corrected chi connectivity index (χ4v) is 5.79. The van der Waals surface area contributed by atoms with Crippen molar-refractivity contribution in [3.63, 3.8) is 0 Å². The van der Waals surface area contributed by atoms with Gasteiger partial charge >= 0.3 is 0 Å². The van der Waals surface area contributed by atoms with Crippen LogP contribution in [-0.4, -0.2) is 9.71 Å². The third-order valence-corrected chi connectivity index (χ3v) is 14.8. The van der Waals surface area contributed by atoms with E-state index < -0.39 is 5.93 Å². The lowest BCUT2D eigenvalue weighted by atomic mass is 11.0. The Balaban J connectivity index is 3.61. The Labute approximate surface area is 108 Å². The molecule has 0 atom stereocenters. The fraction of sp³-hybridized carbons (Fsp3) is 0.250. The third-order valence-electron chi connectivity index (χ3n) is 1.39. The van der Waals surface area contributed by atoms with Gasteiger partial charge in [0.1, 0.15) is 4.36 Å². The van der Waals surface area contributed by atoms with Crippen molar-refractivity contribution in [3.8, 4) is 0 Å². The van der Waals surface area contributed by atoms with Crippen LogP contribution in [0.4, 0.5) is 0 Å². The van der Waals surface area contributed by atoms with E-state index in [0.29, 0.717) is 0 Å². The van der Waals surface area contributed by atoms with Crippen molar-refractivity contribution in [1.29, 1.82) is 0 Å². The first-order valence-corrected chi connectivity index (χ1v) is 9.46. The molecular formula is C4H2Cl7NS. The van der Waals surface area contributed by atoms with Crippen LogP contribution in [0.25, 0.3) is 0 Å². The second-order valence-corrected chi connectivity index (χ2v) is 17.3. The predicted octanol–water partition coefficient (Wildman–Crippen LogP) is 5.73. The predicted molar refractivity (Wildman–Crippen MR) is 67.9 cm³/mol. The van der Waals surface area contributed by atoms with E-state index in [0.717, 1.165) is 0 Å². The molecule has 0 unspecified atom stereocenters. The van der Waals surface area contributed by atoms with Crippen LogP contribution in [0.3, 0.4) is 0 Å². The Morgan fingerprint density at radius 3 is 1.69 bits per heavy atom. The second-order valence-electron chi connectivity index (χ2n) is 2.39. The SMILES string of the molecule is ClCS1(Cl)(Cl)(Cl)C(Cl)=NC(Cl)=C1Cl. The Morgan fingerprint density at radius 2 is 1.54 bits per heavy atom. The summed E-state index contributed by atoms with van der Waals surface area (Å²) in [6, 6.07) is 0. The van der Waals surface area contributed by atoms with Crippen LogP contribution >= 0.6 is 84.4 Å². The molecule has 78 valence electrons. The van der Waals surface area contributed by atoms with Crippen LogP contribution in [0.2, 0.25) is 0 Å². The molecule has 1 rings (SSSR count). The van der Waals surface area contributed by atoms with Crippen LogP contribution in [0, 0.1) is 0 Å². The van der Waals surface area contributed by atoms with E-state index >= 15 is 0 Å². The van der Waals surface area contributed by atoms with Crippen molar-refractivity contribution in [2.24, 2.45) is 4.99 Å². The maximum Gasteiger partial charge on any atom is 0.174 e. The number of alkyl halides is 1. The molecule has 1 nitrogen and oxygen atoms in total. The highest BCUT2D eigenvalue weighted by Crippen LogP contribution is 3.09. The van der Waals surface area contributed by atoms with Gasteiger partial charge in [-0.15, -0.1) is 11.6 Å². The maximum atomic E-state index is 6.04. The zero-order valence-electron chi connectivity index (χ0n) is 5.71. The van der Waals surface area contributed by atoms with Crippen LogP contribution in [0.15, 0.2) is 14.5 Å². The summed E-state index contributed by atoms with van der Waals surface area (Å²) in [5.74, 6) is -4.53. The fourth-order valence-electron chi connectivity index (χ4n) is 0.592. The van der Waals surface area contributed by atoms with Gasteiger partial charge in [0, 0.05) is 0 Å². The zero-order valence-corrected chi connectivity index (χ0v) is 11.8. The first-order valence-electron chi connectivity index (χ1n) is 2.69. The molecule has 1 heterocycles. The lowest BCUT2D eigenvalue weighted by Crippen LogP contribution is -2.21. The first-order chi connectivity index (χ1) is 5.57. The normalized spacial score (nSPS) is 34.2. The number of hydrogen-bond donors (Lipinski definition) is 0. The Morgan fingerprint density at radius 1 is 1.08 bits per heavy atom. The van der Waals surface area contributed by atoms with Crippen molar-refractivity contribution in [1.82, 2.24) is 0 Å². The largest absolute Gasteiger partial charge is 0.215 e. The summed E-state index contributed by atoms with van der Waals surface area (Å²) >= 11 is 22.7. The molecule has 0 fully saturated rings. The number of nitrogens with zero attached hydrogens (tertiary/aromatic N) is 1. The van der Waals surface area contributed by atoms with E-state index in [1.807, 2.05) is 0 Å². The minimum absolute atomic E-state index is 0.131. The number of rotatable bonds is 1. The van der Waals surface area contributed by atoms with E-state index in [9.17, 15) is 0 Å². The average Bonchev–Trinajstić information content (AvgIpc) is 2.14. The van der Waals surface area contributed by atoms with Gasteiger partial charge in [-0.1, -0.05) is 34.8 Å². The van der Waals surface area contributed by atoms with Crippen LogP contribution in [-0.2, 0) is 0 Å². The van der Waals surface area contributed by atoms with Crippen molar-refractivity contribution in [3.05, 3.63) is 9.52 Å². The Kier molecular flexibility index (Phi) is 2.89. The summed E-state index contributed by atoms with van der Waals surface area (Å²) in [5, 5.41) is -0.504. The van der Waals surface area contributed by atoms with Gasteiger partial charge in [0.15, 0.2) is 9.66 Å². The number of halogens is 7. The molecule has 0 aliphatic carbocycles. The molecule has 1 aliphatic heterocycles. The van der Waals surface area contributed by atoms with E-state index in [2.05, 4.69) is 4.99 Å². The molecule has 0 saturated heterocycles. The smallest absolute Gasteiger partial charge is 0.174 e. The highest BCUT2D eigenvalue weighted by molar-refractivity contribution is 9.13. The number of aliphatic imine (C=N–C) groups is 1. The molecule has 0 bridgehead atoms. The molecule has 1 aliphatic rings. The van der Waals surface area contributed by atoms with Gasteiger partial charge in [-0.3, -0.25) is 0 Å². The van der Waals surface area contributed by atoms with Gasteiger partial charge in [-0.05, 0) is 38.0 Å². The van der Waals surface area contributed by atoms with E-state index in [1.165, 1.54) is 0 Å². The molecule has 13 heavy (non-hydrogen) atoms. The summed E-state index contributed by atoms with van der Waals surface area (Å²) in [5.41, 5.74) is 0. The Hall–Kier alpha value is 1.79. The van der Waals surface area contributed by atoms with E-state index in [1.54, 1.807) is 0 Å². The van der Waals surface area contributed by atoms with Crippen LogP contribution < -0.4 is 0 Å². The molecule has 9 heteroatoms. The van der Waals surface area contributed by atoms with Crippen LogP contribution in [0.5, 0.6) is 0 Å². The lowest BCUT2D eigenvalue weighted by molar-refractivity contribution is 1.57. The molecule has 0 saturated carbocycles. The third kappa shape index (κ3) is 1.58. The van der Waals surface area contributed by atoms with E-state index in [-0.39, 0.29) is 19.2 Å². The van der Waals surface area contributed by atoms with Crippen molar-refractivity contribution >= 4 is 88.9 Å². The topological polar surface area (TPSA) is 12.4 Å². The van der Waals surface area contributed by atoms with Gasteiger partial charge in [-0.2, -0.15) is 0 Å². The molecule has 0 aromatic carbocycles. The average molecular weight is 344 g/mol. The van der Waals surface area contributed by atoms with Crippen molar-refractivity contribution < 1.29 is 0 Å². The van der Waals surface area contributed by atoms with Crippen LogP contribution in [0.1, 0.15) is 0 Å². The summed E-state index contributed by atoms with van der Waals surface area (Å²) in [6.45, 7) is 0. The minimum Gasteiger partial charge on any atom is -0.215 e. The molecule has 0 aromatic rings. The maximum absolute atomic E-state index is 6.04. The Bertz CT molecular complexity index is 346. The van der Waals surface area contributed by atoms with Crippen molar-refractivity contribution in [2.75, 3.05) is 5.21 Å². The first kappa shape index (κ1) is 12.9. The highest BCUT2D eigenvalue weighted by atomic mass is 36.2. The lowest BCUT2D eigenvalue weighted by Gasteiger charge is -2.56. The molecule has 0 aromatic heterocycles. The monoisotopic (exact) mass is 341 g/mol. The van der Waals surface area contributed by atoms with Gasteiger partial charge in [0.05, 0.1) is 5.21 Å². The van der Waals surface area contributed by atoms with Gasteiger partial charge in [0.25, 0.3) is 0 Å². The molecule has 0 N–H and O–H groups in total.